The first-order chi connectivity index (χ1) is 22.7. The summed E-state index contributed by atoms with van der Waals surface area (Å²) in [6.45, 7) is 11.0. The number of hydrogen-bond donors (Lipinski definition) is 1. The van der Waals surface area contributed by atoms with Crippen LogP contribution < -0.4 is 9.64 Å². The van der Waals surface area contributed by atoms with Crippen LogP contribution in [-0.2, 0) is 33.5 Å². The van der Waals surface area contributed by atoms with Crippen molar-refractivity contribution < 1.29 is 19.4 Å². The number of ether oxygens (including phenoxy) is 1. The van der Waals surface area contributed by atoms with E-state index in [9.17, 15) is 14.7 Å². The summed E-state index contributed by atoms with van der Waals surface area (Å²) in [5.41, 5.74) is 6.84. The Morgan fingerprint density at radius 2 is 1.68 bits per heavy atom. The van der Waals surface area contributed by atoms with Crippen molar-refractivity contribution in [2.24, 2.45) is 14.1 Å². The van der Waals surface area contributed by atoms with E-state index in [0.717, 1.165) is 22.6 Å². The molecule has 5 heterocycles. The largest absolute Gasteiger partial charge is 0.508 e. The number of nitrogens with zero attached hydrogens (tertiary/aromatic N) is 5. The van der Waals surface area contributed by atoms with E-state index in [1.807, 2.05) is 48.7 Å². The first kappa shape index (κ1) is 30.2. The summed E-state index contributed by atoms with van der Waals surface area (Å²) >= 11 is 6.53. The summed E-state index contributed by atoms with van der Waals surface area (Å²) in [5, 5.41) is 10.6. The van der Waals surface area contributed by atoms with E-state index in [0.29, 0.717) is 82.8 Å². The van der Waals surface area contributed by atoms with Crippen LogP contribution in [-0.4, -0.2) is 44.1 Å². The minimum absolute atomic E-state index is 0.0657. The van der Waals surface area contributed by atoms with E-state index in [1.54, 1.807) is 51.9 Å². The molecule has 0 spiro atoms. The Bertz CT molecular complexity index is 2120. The summed E-state index contributed by atoms with van der Waals surface area (Å²) in [7, 11) is 3.69. The normalized spacial score (nSPS) is 14.6. The van der Waals surface area contributed by atoms with Crippen molar-refractivity contribution in [1.82, 2.24) is 14.0 Å². The number of phenols is 1. The Kier molecular flexibility index (Phi) is 7.53. The summed E-state index contributed by atoms with van der Waals surface area (Å²) in [6.07, 6.45) is 1.07. The van der Waals surface area contributed by atoms with Crippen molar-refractivity contribution in [3.63, 3.8) is 0 Å². The average molecular weight is 646 g/mol. The molecule has 9 nitrogen and oxygen atoms in total. The summed E-state index contributed by atoms with van der Waals surface area (Å²) in [5.74, 6) is 0.764. The number of rotatable bonds is 1. The molecule has 0 radical (unpaired) electrons. The van der Waals surface area contributed by atoms with Crippen LogP contribution in [0.1, 0.15) is 43.2 Å². The smallest absolute Gasteiger partial charge is 0.264 e. The Morgan fingerprint density at radius 3 is 2.45 bits per heavy atom. The fourth-order valence-electron chi connectivity index (χ4n) is 6.70. The van der Waals surface area contributed by atoms with Crippen LogP contribution in [0, 0.1) is 13.5 Å². The first-order valence-corrected chi connectivity index (χ1v) is 15.7. The lowest BCUT2D eigenvalue weighted by atomic mass is 9.96. The quantitative estimate of drug-likeness (QED) is 0.193. The van der Waals surface area contributed by atoms with Gasteiger partial charge in [-0.1, -0.05) is 30.3 Å². The lowest BCUT2D eigenvalue weighted by Crippen LogP contribution is -2.36. The number of aromatic hydroxyl groups is 1. The zero-order chi connectivity index (χ0) is 33.0. The van der Waals surface area contributed by atoms with Crippen molar-refractivity contribution in [2.75, 3.05) is 18.1 Å². The van der Waals surface area contributed by atoms with Gasteiger partial charge in [0.25, 0.3) is 11.8 Å². The lowest BCUT2D eigenvalue weighted by Gasteiger charge is -2.30. The molecule has 0 saturated carbocycles. The van der Waals surface area contributed by atoms with Crippen LogP contribution in [0.25, 0.3) is 16.1 Å². The van der Waals surface area contributed by atoms with Crippen molar-refractivity contribution in [2.45, 2.75) is 26.3 Å². The van der Waals surface area contributed by atoms with Gasteiger partial charge < -0.3 is 24.2 Å². The molecule has 8 rings (SSSR count). The third-order valence-electron chi connectivity index (χ3n) is 9.34. The molecule has 10 heteroatoms. The highest BCUT2D eigenvalue weighted by molar-refractivity contribution is 6.31. The number of amides is 2. The van der Waals surface area contributed by atoms with E-state index < -0.39 is 0 Å². The SMILES string of the molecule is [C-]#[N+]c1cc2c(n1C)CCOc1cccc3c1CCN(C3)C(=O)c1ccc(Cl)cc1-c1cc(c(C)n1C)C(=O)N2c1ccc(O)cc1. The molecule has 236 valence electrons. The molecular weight excluding hydrogens is 614 g/mol. The molecule has 3 aliphatic rings. The third kappa shape index (κ3) is 5.11. The number of halogens is 1. The molecule has 6 bridgehead atoms. The second-order valence-corrected chi connectivity index (χ2v) is 12.3. The van der Waals surface area contributed by atoms with Crippen molar-refractivity contribution in [1.29, 1.82) is 0 Å². The van der Waals surface area contributed by atoms with E-state index >= 15 is 0 Å². The average Bonchev–Trinajstić information content (AvgIpc) is 3.55. The Morgan fingerprint density at radius 1 is 0.894 bits per heavy atom. The van der Waals surface area contributed by atoms with Gasteiger partial charge in [0.1, 0.15) is 17.2 Å². The predicted octanol–water partition coefficient (Wildman–Crippen LogP) is 7.36. The molecule has 2 amide bonds. The molecule has 3 aromatic carbocycles. The maximum atomic E-state index is 14.8. The highest BCUT2D eigenvalue weighted by Gasteiger charge is 2.32. The van der Waals surface area contributed by atoms with Crippen molar-refractivity contribution >= 4 is 40.6 Å². The molecule has 0 unspecified atom stereocenters. The van der Waals surface area contributed by atoms with Gasteiger partial charge in [-0.05, 0) is 79.6 Å². The van der Waals surface area contributed by atoms with E-state index in [-0.39, 0.29) is 17.6 Å². The molecule has 0 saturated heterocycles. The van der Waals surface area contributed by atoms with Crippen LogP contribution in [0.3, 0.4) is 0 Å². The summed E-state index contributed by atoms with van der Waals surface area (Å²) in [6, 6.07) is 21.1. The topological polar surface area (TPSA) is 84.3 Å². The molecule has 1 N–H and O–H groups in total. The van der Waals surface area contributed by atoms with E-state index in [1.165, 1.54) is 12.1 Å². The fourth-order valence-corrected chi connectivity index (χ4v) is 6.87. The maximum Gasteiger partial charge on any atom is 0.264 e. The molecule has 3 aliphatic heterocycles. The van der Waals surface area contributed by atoms with Crippen LogP contribution in [0.4, 0.5) is 17.2 Å². The molecular formula is C37H32ClN5O4. The van der Waals surface area contributed by atoms with E-state index in [4.69, 9.17) is 22.9 Å². The van der Waals surface area contributed by atoms with Crippen LogP contribution >= 0.6 is 11.6 Å². The molecule has 47 heavy (non-hydrogen) atoms. The second kappa shape index (κ2) is 11.7. The number of fused-ring (bicyclic) bond motifs is 4. The maximum absolute atomic E-state index is 14.8. The van der Waals surface area contributed by atoms with Gasteiger partial charge in [-0.3, -0.25) is 19.1 Å². The number of phenolic OH excluding ortho intramolecular Hbond substituents is 1. The monoisotopic (exact) mass is 645 g/mol. The van der Waals surface area contributed by atoms with Gasteiger partial charge in [0.2, 0.25) is 5.82 Å². The molecule has 0 fully saturated rings. The molecule has 5 aromatic rings. The fraction of sp³-hybridized carbons (Fsp3) is 0.216. The molecule has 0 atom stereocenters. The number of carbonyl (C=O) groups excluding carboxylic acids is 2. The van der Waals surface area contributed by atoms with Crippen molar-refractivity contribution in [3.8, 4) is 22.8 Å². The van der Waals surface area contributed by atoms with Crippen LogP contribution in [0.15, 0.2) is 72.8 Å². The van der Waals surface area contributed by atoms with Crippen molar-refractivity contribution in [3.05, 3.63) is 123 Å². The minimum Gasteiger partial charge on any atom is -0.508 e. The highest BCUT2D eigenvalue weighted by Crippen LogP contribution is 2.39. The molecule has 0 aliphatic carbocycles. The standard InChI is InChI=1S/C37H32ClN5O4/c1-22-29-19-32(40(22)3)30-18-24(38)8-13-28(30)36(45)42-16-14-27-23(21-42)6-5-7-34(27)47-17-15-31-33(20-35(39-2)41(31)4)43(37(29)46)25-9-11-26(44)12-10-25/h5-13,18-20,44H,14-17,21H2,1,3-4H3. The predicted molar refractivity (Wildman–Crippen MR) is 181 cm³/mol. The second-order valence-electron chi connectivity index (χ2n) is 11.9. The minimum atomic E-state index is -0.326. The summed E-state index contributed by atoms with van der Waals surface area (Å²) < 4.78 is 10.1. The van der Waals surface area contributed by atoms with Gasteiger partial charge in [-0.15, -0.1) is 0 Å². The van der Waals surface area contributed by atoms with Gasteiger partial charge in [0, 0.05) is 65.3 Å². The first-order valence-electron chi connectivity index (χ1n) is 15.3. The summed E-state index contributed by atoms with van der Waals surface area (Å²) in [4.78, 5) is 36.1. The van der Waals surface area contributed by atoms with Gasteiger partial charge in [0.05, 0.1) is 24.9 Å². The lowest BCUT2D eigenvalue weighted by molar-refractivity contribution is 0.0734. The number of benzene rings is 3. The number of anilines is 2. The zero-order valence-corrected chi connectivity index (χ0v) is 27.0. The van der Waals surface area contributed by atoms with Gasteiger partial charge in [-0.2, -0.15) is 0 Å². The molecule has 2 aromatic heterocycles. The van der Waals surface area contributed by atoms with Gasteiger partial charge in [-0.25, -0.2) is 0 Å². The van der Waals surface area contributed by atoms with Gasteiger partial charge >= 0.3 is 0 Å². The Balaban J connectivity index is 1.47. The number of aromatic nitrogens is 2. The van der Waals surface area contributed by atoms with Crippen LogP contribution in [0.2, 0.25) is 5.02 Å². The zero-order valence-electron chi connectivity index (χ0n) is 26.2. The Labute approximate surface area is 277 Å². The number of carbonyl (C=O) groups is 2. The highest BCUT2D eigenvalue weighted by atomic mass is 35.5. The number of hydrogen-bond acceptors (Lipinski definition) is 4. The Hall–Kier alpha value is -5.46. The van der Waals surface area contributed by atoms with Gasteiger partial charge in [0.15, 0.2) is 0 Å². The van der Waals surface area contributed by atoms with E-state index in [2.05, 4.69) is 4.85 Å². The van der Waals surface area contributed by atoms with Crippen LogP contribution in [0.5, 0.6) is 11.5 Å². The third-order valence-corrected chi connectivity index (χ3v) is 9.57.